The van der Waals surface area contributed by atoms with E-state index in [4.69, 9.17) is 16.3 Å². The van der Waals surface area contributed by atoms with Crippen molar-refractivity contribution < 1.29 is 9.13 Å². The van der Waals surface area contributed by atoms with E-state index in [0.29, 0.717) is 28.6 Å². The molecule has 1 N–H and O–H groups in total. The fraction of sp³-hybridized carbons (Fsp3) is 0.100. The summed E-state index contributed by atoms with van der Waals surface area (Å²) in [5.41, 5.74) is 4.16. The molecule has 0 aromatic carbocycles. The summed E-state index contributed by atoms with van der Waals surface area (Å²) in [4.78, 5) is 15.8. The maximum Gasteiger partial charge on any atom is 0.217 e. The Balaban J connectivity index is 1.54. The molecule has 135 valence electrons. The van der Waals surface area contributed by atoms with Crippen molar-refractivity contribution in [1.82, 2.24) is 19.9 Å². The number of rotatable bonds is 5. The zero-order chi connectivity index (χ0) is 18.8. The van der Waals surface area contributed by atoms with Crippen LogP contribution < -0.4 is 4.74 Å². The van der Waals surface area contributed by atoms with Crippen LogP contribution in [0.25, 0.3) is 11.0 Å². The lowest BCUT2D eigenvalue weighted by atomic mass is 10.1. The van der Waals surface area contributed by atoms with Crippen molar-refractivity contribution in [3.63, 3.8) is 0 Å². The van der Waals surface area contributed by atoms with Crippen LogP contribution in [0, 0.1) is 12.2 Å². The van der Waals surface area contributed by atoms with E-state index in [9.17, 15) is 4.39 Å². The molecular formula is C20H15ClFN4O. The number of hydrogen-bond acceptors (Lipinski definition) is 4. The number of fused-ring (bicyclic) bond motifs is 1. The summed E-state index contributed by atoms with van der Waals surface area (Å²) in [6.45, 7) is 0. The van der Waals surface area contributed by atoms with Crippen LogP contribution in [0.5, 0.6) is 5.88 Å². The van der Waals surface area contributed by atoms with Crippen LogP contribution in [-0.4, -0.2) is 27.0 Å². The zero-order valence-corrected chi connectivity index (χ0v) is 15.2. The van der Waals surface area contributed by atoms with E-state index in [2.05, 4.69) is 19.9 Å². The van der Waals surface area contributed by atoms with E-state index in [1.807, 2.05) is 24.4 Å². The number of halogens is 2. The van der Waals surface area contributed by atoms with Gasteiger partial charge in [-0.3, -0.25) is 4.98 Å². The number of H-pyrrole nitrogens is 1. The van der Waals surface area contributed by atoms with Crippen molar-refractivity contribution in [2.75, 3.05) is 7.11 Å². The Hall–Kier alpha value is -2.99. The number of nitrogens with one attached hydrogen (secondary N) is 1. The first-order valence-corrected chi connectivity index (χ1v) is 8.61. The first-order valence-electron chi connectivity index (χ1n) is 8.23. The first kappa shape index (κ1) is 17.4. The molecule has 27 heavy (non-hydrogen) atoms. The highest BCUT2D eigenvalue weighted by Crippen LogP contribution is 2.24. The zero-order valence-electron chi connectivity index (χ0n) is 14.4. The van der Waals surface area contributed by atoms with Crippen LogP contribution in [0.1, 0.15) is 22.4 Å². The van der Waals surface area contributed by atoms with Crippen molar-refractivity contribution in [2.24, 2.45) is 0 Å². The molecule has 0 aliphatic heterocycles. The van der Waals surface area contributed by atoms with Crippen molar-refractivity contribution in [2.45, 2.75) is 6.42 Å². The minimum absolute atomic E-state index is 0.352. The summed E-state index contributed by atoms with van der Waals surface area (Å²) in [5.74, 6) is -0.0734. The molecule has 4 aromatic rings. The van der Waals surface area contributed by atoms with E-state index in [1.165, 1.54) is 13.2 Å². The Morgan fingerprint density at radius 3 is 2.81 bits per heavy atom. The van der Waals surface area contributed by atoms with Crippen LogP contribution in [0.2, 0.25) is 5.02 Å². The lowest BCUT2D eigenvalue weighted by Gasteiger charge is -2.07. The third kappa shape index (κ3) is 3.75. The molecule has 0 fully saturated rings. The number of nitrogens with zero attached hydrogens (tertiary/aromatic N) is 3. The largest absolute Gasteiger partial charge is 0.481 e. The number of aromatic amines is 1. The van der Waals surface area contributed by atoms with Gasteiger partial charge in [-0.25, -0.2) is 14.4 Å². The van der Waals surface area contributed by atoms with Gasteiger partial charge in [0.25, 0.3) is 0 Å². The Morgan fingerprint density at radius 1 is 1.15 bits per heavy atom. The van der Waals surface area contributed by atoms with Gasteiger partial charge in [-0.05, 0) is 29.3 Å². The van der Waals surface area contributed by atoms with E-state index in [-0.39, 0.29) is 0 Å². The van der Waals surface area contributed by atoms with Gasteiger partial charge in [0.2, 0.25) is 5.88 Å². The number of ether oxygens (including phenoxy) is 1. The minimum Gasteiger partial charge on any atom is -0.481 e. The Morgan fingerprint density at radius 2 is 2.04 bits per heavy atom. The van der Waals surface area contributed by atoms with Crippen molar-refractivity contribution in [1.29, 1.82) is 0 Å². The average molecular weight is 382 g/mol. The van der Waals surface area contributed by atoms with Crippen molar-refractivity contribution in [3.05, 3.63) is 88.7 Å². The van der Waals surface area contributed by atoms with E-state index in [0.717, 1.165) is 28.4 Å². The fourth-order valence-corrected chi connectivity index (χ4v) is 3.06. The van der Waals surface area contributed by atoms with Crippen molar-refractivity contribution >= 4 is 22.6 Å². The number of aromatic nitrogens is 4. The molecule has 4 aromatic heterocycles. The first-order chi connectivity index (χ1) is 13.1. The molecule has 0 unspecified atom stereocenters. The summed E-state index contributed by atoms with van der Waals surface area (Å²) in [7, 11) is 1.50. The molecule has 0 aliphatic carbocycles. The van der Waals surface area contributed by atoms with Gasteiger partial charge in [-0.2, -0.15) is 0 Å². The Kier molecular flexibility index (Phi) is 4.73. The SMILES string of the molecule is COc1ncc(F)cc1[CH]c1ccc(Cc2c[nH]c3ncc(Cl)cc23)cn1. The van der Waals surface area contributed by atoms with Gasteiger partial charge in [-0.1, -0.05) is 17.7 Å². The van der Waals surface area contributed by atoms with Crippen LogP contribution in [0.3, 0.4) is 0 Å². The Labute approximate surface area is 160 Å². The second-order valence-corrected chi connectivity index (χ2v) is 6.46. The summed E-state index contributed by atoms with van der Waals surface area (Å²) in [6, 6.07) is 7.12. The molecule has 0 spiro atoms. The van der Waals surface area contributed by atoms with Gasteiger partial charge in [0.15, 0.2) is 0 Å². The average Bonchev–Trinajstić information content (AvgIpc) is 3.05. The molecule has 4 heterocycles. The van der Waals surface area contributed by atoms with Crippen LogP contribution in [0.15, 0.2) is 49.1 Å². The standard InChI is InChI=1S/C20H15ClFN4O/c1-27-20-13(5-16(22)11-26-20)6-17-3-2-12(8-23-17)4-14-9-24-19-18(14)7-15(21)10-25-19/h2-3,5-11H,4H2,1H3,(H,24,25). The highest BCUT2D eigenvalue weighted by Gasteiger charge is 2.10. The van der Waals surface area contributed by atoms with Gasteiger partial charge < -0.3 is 9.72 Å². The predicted octanol–water partition coefficient (Wildman–Crippen LogP) is 4.35. The molecule has 0 saturated heterocycles. The molecule has 0 aliphatic rings. The highest BCUT2D eigenvalue weighted by molar-refractivity contribution is 6.31. The fourth-order valence-electron chi connectivity index (χ4n) is 2.90. The number of pyridine rings is 3. The predicted molar refractivity (Wildman–Crippen MR) is 101 cm³/mol. The molecule has 5 nitrogen and oxygen atoms in total. The topological polar surface area (TPSA) is 63.7 Å². The molecule has 0 atom stereocenters. The number of hydrogen-bond donors (Lipinski definition) is 1. The van der Waals surface area contributed by atoms with E-state index < -0.39 is 5.82 Å². The van der Waals surface area contributed by atoms with Gasteiger partial charge >= 0.3 is 0 Å². The molecule has 4 rings (SSSR count). The summed E-state index contributed by atoms with van der Waals surface area (Å²) in [6.07, 6.45) is 8.88. The van der Waals surface area contributed by atoms with Gasteiger partial charge in [0.1, 0.15) is 11.5 Å². The van der Waals surface area contributed by atoms with Crippen LogP contribution in [-0.2, 0) is 6.42 Å². The summed E-state index contributed by atoms with van der Waals surface area (Å²) < 4.78 is 18.6. The summed E-state index contributed by atoms with van der Waals surface area (Å²) >= 11 is 6.05. The monoisotopic (exact) mass is 381 g/mol. The summed E-state index contributed by atoms with van der Waals surface area (Å²) in [5, 5.41) is 1.60. The van der Waals surface area contributed by atoms with E-state index in [1.54, 1.807) is 18.8 Å². The number of methoxy groups -OCH3 is 1. The molecule has 0 amide bonds. The Bertz CT molecular complexity index is 1100. The quantitative estimate of drug-likeness (QED) is 0.558. The lowest BCUT2D eigenvalue weighted by molar-refractivity contribution is 0.393. The highest BCUT2D eigenvalue weighted by atomic mass is 35.5. The van der Waals surface area contributed by atoms with Gasteiger partial charge in [0, 0.05) is 48.1 Å². The smallest absolute Gasteiger partial charge is 0.217 e. The second kappa shape index (κ2) is 7.32. The van der Waals surface area contributed by atoms with Crippen molar-refractivity contribution in [3.8, 4) is 5.88 Å². The van der Waals surface area contributed by atoms with E-state index >= 15 is 0 Å². The molecule has 0 bridgehead atoms. The molecule has 7 heteroatoms. The third-order valence-electron chi connectivity index (χ3n) is 4.17. The maximum atomic E-state index is 13.4. The second-order valence-electron chi connectivity index (χ2n) is 6.03. The maximum absolute atomic E-state index is 13.4. The molecule has 1 radical (unpaired) electrons. The molecule has 0 saturated carbocycles. The minimum atomic E-state index is -0.426. The lowest BCUT2D eigenvalue weighted by Crippen LogP contribution is -1.98. The van der Waals surface area contributed by atoms with Gasteiger partial charge in [-0.15, -0.1) is 0 Å². The third-order valence-corrected chi connectivity index (χ3v) is 4.37. The van der Waals surface area contributed by atoms with Gasteiger partial charge in [0.05, 0.1) is 18.3 Å². The molecular weight excluding hydrogens is 367 g/mol. The van der Waals surface area contributed by atoms with Crippen LogP contribution >= 0.6 is 11.6 Å². The normalized spacial score (nSPS) is 11.1. The van der Waals surface area contributed by atoms with Crippen LogP contribution in [0.4, 0.5) is 4.39 Å².